The minimum atomic E-state index is 0.0342. The lowest BCUT2D eigenvalue weighted by molar-refractivity contribution is -0.116. The first-order valence-corrected chi connectivity index (χ1v) is 14.1. The number of para-hydroxylation sites is 1. The second kappa shape index (κ2) is 9.13. The molecule has 0 spiro atoms. The largest absolute Gasteiger partial charge is 0.376 e. The highest BCUT2D eigenvalue weighted by atomic mass is 32.2. The van der Waals surface area contributed by atoms with Gasteiger partial charge in [0.1, 0.15) is 4.83 Å². The molecule has 3 aromatic rings. The molecule has 2 aromatic heterocycles. The first-order valence-electron chi connectivity index (χ1n) is 12.3. The van der Waals surface area contributed by atoms with E-state index in [1.54, 1.807) is 15.9 Å². The predicted molar refractivity (Wildman–Crippen MR) is 137 cm³/mol. The van der Waals surface area contributed by atoms with Gasteiger partial charge < -0.3 is 9.64 Å². The van der Waals surface area contributed by atoms with E-state index >= 15 is 0 Å². The lowest BCUT2D eigenvalue weighted by Gasteiger charge is -2.19. The number of ether oxygens (including phenoxy) is 1. The maximum Gasteiger partial charge on any atom is 0.263 e. The summed E-state index contributed by atoms with van der Waals surface area (Å²) >= 11 is 3.06. The van der Waals surface area contributed by atoms with E-state index in [2.05, 4.69) is 13.0 Å². The molecule has 2 atom stereocenters. The average Bonchev–Trinajstić information content (AvgIpc) is 3.57. The molecule has 6 rings (SSSR count). The van der Waals surface area contributed by atoms with Gasteiger partial charge in [-0.1, -0.05) is 36.9 Å². The Morgan fingerprint density at radius 2 is 2.15 bits per heavy atom. The fourth-order valence-electron chi connectivity index (χ4n) is 5.47. The molecule has 0 radical (unpaired) electrons. The number of rotatable bonds is 5. The number of hydrogen-bond donors (Lipinski definition) is 0. The molecule has 178 valence electrons. The van der Waals surface area contributed by atoms with Crippen LogP contribution < -0.4 is 10.5 Å². The molecule has 0 bridgehead atoms. The number of aryl methyl sites for hydroxylation is 1. The highest BCUT2D eigenvalue weighted by Gasteiger charge is 2.28. The summed E-state index contributed by atoms with van der Waals surface area (Å²) in [6.07, 6.45) is 6.00. The summed E-state index contributed by atoms with van der Waals surface area (Å²) in [4.78, 5) is 35.9. The zero-order valence-electron chi connectivity index (χ0n) is 19.4. The summed E-state index contributed by atoms with van der Waals surface area (Å²) in [5, 5.41) is 1.44. The molecule has 4 heterocycles. The van der Waals surface area contributed by atoms with E-state index in [0.717, 1.165) is 61.0 Å². The molecular weight excluding hydrogens is 466 g/mol. The van der Waals surface area contributed by atoms with Gasteiger partial charge >= 0.3 is 0 Å². The standard InChI is InChI=1S/C26H29N3O3S2/c1-16-8-9-19-21(13-16)34-24-23(19)25(31)29(14-18-6-4-12-32-18)26(27-24)33-15-22(30)28-11-10-17-5-2-3-7-20(17)28/h2-3,5,7,16,18H,4,6,8-15H2,1H3. The summed E-state index contributed by atoms with van der Waals surface area (Å²) < 4.78 is 7.65. The van der Waals surface area contributed by atoms with Crippen molar-refractivity contribution in [2.45, 2.75) is 63.3 Å². The predicted octanol–water partition coefficient (Wildman–Crippen LogP) is 4.44. The number of fused-ring (bicyclic) bond motifs is 4. The summed E-state index contributed by atoms with van der Waals surface area (Å²) in [5.74, 6) is 0.969. The van der Waals surface area contributed by atoms with Crippen LogP contribution in [0.1, 0.15) is 42.2 Å². The maximum absolute atomic E-state index is 13.8. The smallest absolute Gasteiger partial charge is 0.263 e. The van der Waals surface area contributed by atoms with Crippen LogP contribution >= 0.6 is 23.1 Å². The lowest BCUT2D eigenvalue weighted by atomic mass is 9.89. The van der Waals surface area contributed by atoms with Crippen LogP contribution in [0.5, 0.6) is 0 Å². The highest BCUT2D eigenvalue weighted by Crippen LogP contribution is 2.37. The van der Waals surface area contributed by atoms with Crippen molar-refractivity contribution in [2.24, 2.45) is 5.92 Å². The Labute approximate surface area is 207 Å². The molecule has 1 aromatic carbocycles. The van der Waals surface area contributed by atoms with Crippen LogP contribution in [0.25, 0.3) is 10.2 Å². The van der Waals surface area contributed by atoms with Crippen LogP contribution in [0, 0.1) is 5.92 Å². The van der Waals surface area contributed by atoms with Gasteiger partial charge in [0.05, 0.1) is 23.8 Å². The number of amides is 1. The molecule has 3 aliphatic rings. The van der Waals surface area contributed by atoms with E-state index in [-0.39, 0.29) is 23.3 Å². The summed E-state index contributed by atoms with van der Waals surface area (Å²) in [6.45, 7) is 4.24. The quantitative estimate of drug-likeness (QED) is 0.387. The van der Waals surface area contributed by atoms with Gasteiger partial charge in [-0.05, 0) is 61.6 Å². The van der Waals surface area contributed by atoms with Gasteiger partial charge in [0.2, 0.25) is 5.91 Å². The van der Waals surface area contributed by atoms with Gasteiger partial charge in [-0.3, -0.25) is 14.2 Å². The molecule has 1 saturated heterocycles. The normalized spacial score (nSPS) is 21.7. The van der Waals surface area contributed by atoms with E-state index < -0.39 is 0 Å². The van der Waals surface area contributed by atoms with Crippen molar-refractivity contribution in [1.82, 2.24) is 9.55 Å². The Balaban J connectivity index is 1.32. The molecule has 2 unspecified atom stereocenters. The number of nitrogens with zero attached hydrogens (tertiary/aromatic N) is 3. The zero-order valence-corrected chi connectivity index (χ0v) is 21.1. The second-order valence-corrected chi connectivity index (χ2v) is 11.7. The molecule has 0 saturated carbocycles. The number of carbonyl (C=O) groups excluding carboxylic acids is 1. The third-order valence-corrected chi connectivity index (χ3v) is 9.41. The fourth-order valence-corrected chi connectivity index (χ4v) is 7.78. The number of thioether (sulfide) groups is 1. The molecular formula is C26H29N3O3S2. The SMILES string of the molecule is CC1CCc2c(sc3nc(SCC(=O)N4CCc5ccccc54)n(CC4CCCO4)c(=O)c23)C1. The van der Waals surface area contributed by atoms with Crippen molar-refractivity contribution < 1.29 is 9.53 Å². The van der Waals surface area contributed by atoms with Crippen molar-refractivity contribution in [3.8, 4) is 0 Å². The number of carbonyl (C=O) groups is 1. The lowest BCUT2D eigenvalue weighted by Crippen LogP contribution is -2.32. The van der Waals surface area contributed by atoms with E-state index in [4.69, 9.17) is 9.72 Å². The molecule has 1 fully saturated rings. The monoisotopic (exact) mass is 495 g/mol. The Morgan fingerprint density at radius 3 is 3.00 bits per heavy atom. The Morgan fingerprint density at radius 1 is 1.26 bits per heavy atom. The molecule has 1 aliphatic carbocycles. The topological polar surface area (TPSA) is 64.4 Å². The Hall–Kier alpha value is -2.16. The second-order valence-electron chi connectivity index (χ2n) is 9.69. The molecule has 0 N–H and O–H groups in total. The third-order valence-electron chi connectivity index (χ3n) is 7.30. The van der Waals surface area contributed by atoms with Crippen LogP contribution in [0.2, 0.25) is 0 Å². The van der Waals surface area contributed by atoms with Crippen molar-refractivity contribution in [3.63, 3.8) is 0 Å². The van der Waals surface area contributed by atoms with E-state index in [1.807, 2.05) is 23.1 Å². The third kappa shape index (κ3) is 3.99. The summed E-state index contributed by atoms with van der Waals surface area (Å²) in [6, 6.07) is 8.10. The van der Waals surface area contributed by atoms with Crippen molar-refractivity contribution in [2.75, 3.05) is 23.8 Å². The molecule has 8 heteroatoms. The summed E-state index contributed by atoms with van der Waals surface area (Å²) in [5.41, 5.74) is 3.47. The van der Waals surface area contributed by atoms with Gasteiger partial charge in [-0.2, -0.15) is 0 Å². The van der Waals surface area contributed by atoms with Gasteiger partial charge in [0, 0.05) is 23.7 Å². The van der Waals surface area contributed by atoms with E-state index in [9.17, 15) is 9.59 Å². The molecule has 6 nitrogen and oxygen atoms in total. The zero-order chi connectivity index (χ0) is 23.2. The molecule has 1 amide bonds. The van der Waals surface area contributed by atoms with E-state index in [1.165, 1.54) is 27.8 Å². The van der Waals surface area contributed by atoms with Crippen LogP contribution in [0.4, 0.5) is 5.69 Å². The van der Waals surface area contributed by atoms with Crippen molar-refractivity contribution in [3.05, 3.63) is 50.6 Å². The van der Waals surface area contributed by atoms with Gasteiger partial charge in [0.15, 0.2) is 5.16 Å². The Kier molecular flexibility index (Phi) is 5.99. The average molecular weight is 496 g/mol. The first kappa shape index (κ1) is 22.3. The number of benzene rings is 1. The van der Waals surface area contributed by atoms with Crippen molar-refractivity contribution in [1.29, 1.82) is 0 Å². The van der Waals surface area contributed by atoms with E-state index in [0.29, 0.717) is 24.2 Å². The number of thiophene rings is 1. The van der Waals surface area contributed by atoms with Crippen molar-refractivity contribution >= 4 is 44.9 Å². The minimum Gasteiger partial charge on any atom is -0.376 e. The molecule has 34 heavy (non-hydrogen) atoms. The highest BCUT2D eigenvalue weighted by molar-refractivity contribution is 7.99. The fraction of sp³-hybridized carbons (Fsp3) is 0.500. The van der Waals surface area contributed by atoms with Crippen LogP contribution in [-0.2, 0) is 35.3 Å². The molecule has 2 aliphatic heterocycles. The van der Waals surface area contributed by atoms with Gasteiger partial charge in [0.25, 0.3) is 5.56 Å². The van der Waals surface area contributed by atoms with Crippen LogP contribution in [-0.4, -0.2) is 40.5 Å². The Bertz CT molecular complexity index is 1310. The number of hydrogen-bond acceptors (Lipinski definition) is 6. The number of aromatic nitrogens is 2. The van der Waals surface area contributed by atoms with Gasteiger partial charge in [-0.15, -0.1) is 11.3 Å². The number of anilines is 1. The summed E-state index contributed by atoms with van der Waals surface area (Å²) in [7, 11) is 0. The minimum absolute atomic E-state index is 0.0342. The van der Waals surface area contributed by atoms with Gasteiger partial charge in [-0.25, -0.2) is 4.98 Å². The van der Waals surface area contributed by atoms with Crippen LogP contribution in [0.3, 0.4) is 0 Å². The first-order chi connectivity index (χ1) is 16.6. The van der Waals surface area contributed by atoms with Crippen LogP contribution in [0.15, 0.2) is 34.2 Å². The maximum atomic E-state index is 13.8.